The number of carbonyl (C=O) groups is 2. The van der Waals surface area contributed by atoms with Crippen LogP contribution in [-0.2, 0) is 16.1 Å². The molecule has 2 unspecified atom stereocenters. The first-order valence-electron chi connectivity index (χ1n) is 12.7. The van der Waals surface area contributed by atoms with E-state index in [0.29, 0.717) is 24.2 Å². The van der Waals surface area contributed by atoms with Crippen LogP contribution < -0.4 is 9.80 Å². The van der Waals surface area contributed by atoms with Crippen LogP contribution in [0.25, 0.3) is 17.2 Å². The van der Waals surface area contributed by atoms with Crippen molar-refractivity contribution in [2.75, 3.05) is 23.9 Å². The van der Waals surface area contributed by atoms with Crippen molar-refractivity contribution in [3.05, 3.63) is 90.0 Å². The van der Waals surface area contributed by atoms with Crippen molar-refractivity contribution in [1.29, 1.82) is 0 Å². The number of hydrogen-bond acceptors (Lipinski definition) is 4. The molecule has 0 spiro atoms. The van der Waals surface area contributed by atoms with E-state index in [1.807, 2.05) is 50.5 Å². The molecule has 0 radical (unpaired) electrons. The largest absolute Gasteiger partial charge is 0.478 e. The van der Waals surface area contributed by atoms with Gasteiger partial charge in [0.25, 0.3) is 0 Å². The first-order valence-corrected chi connectivity index (χ1v) is 12.7. The van der Waals surface area contributed by atoms with Crippen molar-refractivity contribution in [1.82, 2.24) is 0 Å². The van der Waals surface area contributed by atoms with Gasteiger partial charge in [-0.25, -0.2) is 4.79 Å². The van der Waals surface area contributed by atoms with Gasteiger partial charge in [-0.15, -0.1) is 0 Å². The average Bonchev–Trinajstić information content (AvgIpc) is 2.91. The Balaban J connectivity index is 1.60. The maximum Gasteiger partial charge on any atom is 0.328 e. The third kappa shape index (κ3) is 6.86. The highest BCUT2D eigenvalue weighted by Gasteiger charge is 2.30. The summed E-state index contributed by atoms with van der Waals surface area (Å²) in [6, 6.07) is 23.9. The summed E-state index contributed by atoms with van der Waals surface area (Å²) in [6.45, 7) is 0.386. The summed E-state index contributed by atoms with van der Waals surface area (Å²) in [4.78, 5) is 28.5. The minimum Gasteiger partial charge on any atom is -0.478 e. The number of hydrogen-bond donors (Lipinski definition) is 2. The smallest absolute Gasteiger partial charge is 0.328 e. The molecule has 6 heteroatoms. The molecule has 1 fully saturated rings. The van der Waals surface area contributed by atoms with E-state index in [2.05, 4.69) is 41.3 Å². The Morgan fingerprint density at radius 3 is 2.22 bits per heavy atom. The molecule has 1 aliphatic carbocycles. The monoisotopic (exact) mass is 498 g/mol. The number of amides is 1. The normalized spacial score (nSPS) is 17.5. The van der Waals surface area contributed by atoms with E-state index >= 15 is 0 Å². The summed E-state index contributed by atoms with van der Waals surface area (Å²) in [5.41, 5.74) is 5.77. The number of carbonyl (C=O) groups excluding carboxylic acids is 1. The molecular weight excluding hydrogens is 464 g/mol. The van der Waals surface area contributed by atoms with Gasteiger partial charge in [0, 0.05) is 37.5 Å². The zero-order chi connectivity index (χ0) is 26.4. The summed E-state index contributed by atoms with van der Waals surface area (Å²) < 4.78 is 0. The third-order valence-corrected chi connectivity index (χ3v) is 6.87. The lowest BCUT2D eigenvalue weighted by Crippen LogP contribution is -2.38. The maximum atomic E-state index is 13.7. The fourth-order valence-corrected chi connectivity index (χ4v) is 4.81. The summed E-state index contributed by atoms with van der Waals surface area (Å²) in [6.07, 6.45) is 4.95. The summed E-state index contributed by atoms with van der Waals surface area (Å²) in [5.74, 6) is -1.27. The van der Waals surface area contributed by atoms with Crippen molar-refractivity contribution in [2.45, 2.75) is 38.3 Å². The Labute approximate surface area is 218 Å². The summed E-state index contributed by atoms with van der Waals surface area (Å²) in [5, 5.41) is 19.2. The molecule has 4 rings (SSSR count). The number of aliphatic hydroxyl groups is 1. The van der Waals surface area contributed by atoms with Crippen LogP contribution in [0, 0.1) is 5.92 Å². The van der Waals surface area contributed by atoms with Crippen molar-refractivity contribution < 1.29 is 19.8 Å². The maximum absolute atomic E-state index is 13.7. The molecule has 0 heterocycles. The van der Waals surface area contributed by atoms with E-state index in [9.17, 15) is 14.7 Å². The minimum absolute atomic E-state index is 0.0125. The number of carboxylic acids is 1. The number of aliphatic hydroxyl groups excluding tert-OH is 1. The van der Waals surface area contributed by atoms with Crippen molar-refractivity contribution in [3.63, 3.8) is 0 Å². The molecule has 2 N–H and O–H groups in total. The Hall–Kier alpha value is -3.90. The first-order chi connectivity index (χ1) is 17.8. The quantitative estimate of drug-likeness (QED) is 0.395. The van der Waals surface area contributed by atoms with E-state index < -0.39 is 12.1 Å². The van der Waals surface area contributed by atoms with Crippen LogP contribution in [-0.4, -0.2) is 42.3 Å². The van der Waals surface area contributed by atoms with Gasteiger partial charge in [0.2, 0.25) is 5.91 Å². The van der Waals surface area contributed by atoms with Gasteiger partial charge in [-0.3, -0.25) is 4.79 Å². The predicted octanol–water partition coefficient (Wildman–Crippen LogP) is 5.60. The lowest BCUT2D eigenvalue weighted by molar-refractivity contribution is -0.131. The molecule has 0 aromatic heterocycles. The molecule has 37 heavy (non-hydrogen) atoms. The van der Waals surface area contributed by atoms with Crippen LogP contribution in [0.15, 0.2) is 78.9 Å². The van der Waals surface area contributed by atoms with Crippen molar-refractivity contribution in [3.8, 4) is 11.1 Å². The summed E-state index contributed by atoms with van der Waals surface area (Å²) >= 11 is 0. The minimum atomic E-state index is -1.02. The first kappa shape index (κ1) is 26.2. The molecule has 0 saturated heterocycles. The van der Waals surface area contributed by atoms with E-state index in [1.54, 1.807) is 4.90 Å². The molecule has 3 aromatic rings. The van der Waals surface area contributed by atoms with Crippen LogP contribution in [0.5, 0.6) is 0 Å². The van der Waals surface area contributed by atoms with Gasteiger partial charge in [0.1, 0.15) is 0 Å². The topological polar surface area (TPSA) is 81.1 Å². The molecule has 6 nitrogen and oxygen atoms in total. The second-order valence-electron chi connectivity index (χ2n) is 9.85. The standard InChI is InChI=1S/C31H34N2O4/c1-32(2)27-16-14-25(15-17-27)24-12-9-23(10-13-24)21-33(31(37)26-6-4-8-29(34)20-26)28-7-3-5-22(19-28)11-18-30(35)36/h3,5,7,9-19,26,29,34H,4,6,8,20-21H2,1-2H3,(H,35,36)/b18-11+. The molecule has 2 atom stereocenters. The SMILES string of the molecule is CN(C)c1ccc(-c2ccc(CN(C(=O)C3CCCC(O)C3)c3cccc(/C=C/C(=O)O)c3)cc2)cc1. The number of rotatable bonds is 8. The number of benzene rings is 3. The number of aliphatic carboxylic acids is 1. The molecule has 1 amide bonds. The van der Waals surface area contributed by atoms with Crippen LogP contribution in [0.1, 0.15) is 36.8 Å². The van der Waals surface area contributed by atoms with E-state index in [-0.39, 0.29) is 11.8 Å². The molecular formula is C31H34N2O4. The van der Waals surface area contributed by atoms with Gasteiger partial charge in [0.05, 0.1) is 12.6 Å². The van der Waals surface area contributed by atoms with Gasteiger partial charge in [-0.05, 0) is 71.9 Å². The second-order valence-corrected chi connectivity index (χ2v) is 9.85. The van der Waals surface area contributed by atoms with E-state index in [4.69, 9.17) is 5.11 Å². The van der Waals surface area contributed by atoms with Crippen molar-refractivity contribution >= 4 is 29.3 Å². The second kappa shape index (κ2) is 11.9. The van der Waals surface area contributed by atoms with Gasteiger partial charge in [0.15, 0.2) is 0 Å². The highest BCUT2D eigenvalue weighted by Crippen LogP contribution is 2.30. The Morgan fingerprint density at radius 1 is 0.919 bits per heavy atom. The van der Waals surface area contributed by atoms with Gasteiger partial charge >= 0.3 is 5.97 Å². The molecule has 1 saturated carbocycles. The lowest BCUT2D eigenvalue weighted by Gasteiger charge is -2.31. The molecule has 1 aliphatic rings. The average molecular weight is 499 g/mol. The van der Waals surface area contributed by atoms with Crippen LogP contribution in [0.3, 0.4) is 0 Å². The van der Waals surface area contributed by atoms with E-state index in [1.165, 1.54) is 6.08 Å². The number of anilines is 2. The van der Waals surface area contributed by atoms with Gasteiger partial charge in [-0.2, -0.15) is 0 Å². The molecule has 0 bridgehead atoms. The van der Waals surface area contributed by atoms with E-state index in [0.717, 1.165) is 47.7 Å². The summed E-state index contributed by atoms with van der Waals surface area (Å²) in [7, 11) is 4.03. The highest BCUT2D eigenvalue weighted by atomic mass is 16.4. The van der Waals surface area contributed by atoms with Crippen LogP contribution in [0.2, 0.25) is 0 Å². The zero-order valence-corrected chi connectivity index (χ0v) is 21.4. The Bertz CT molecular complexity index is 1250. The number of nitrogens with zero attached hydrogens (tertiary/aromatic N) is 2. The Morgan fingerprint density at radius 2 is 1.59 bits per heavy atom. The molecule has 3 aromatic carbocycles. The molecule has 0 aliphatic heterocycles. The predicted molar refractivity (Wildman–Crippen MR) is 148 cm³/mol. The third-order valence-electron chi connectivity index (χ3n) is 6.87. The fraction of sp³-hybridized carbons (Fsp3) is 0.290. The lowest BCUT2D eigenvalue weighted by atomic mass is 9.86. The van der Waals surface area contributed by atoms with Crippen LogP contribution >= 0.6 is 0 Å². The number of carboxylic acid groups (broad SMARTS) is 1. The van der Waals surface area contributed by atoms with Gasteiger partial charge < -0.3 is 20.0 Å². The van der Waals surface area contributed by atoms with Gasteiger partial charge in [-0.1, -0.05) is 55.0 Å². The van der Waals surface area contributed by atoms with Crippen molar-refractivity contribution in [2.24, 2.45) is 5.92 Å². The highest BCUT2D eigenvalue weighted by molar-refractivity contribution is 5.95. The Kier molecular flexibility index (Phi) is 8.41. The zero-order valence-electron chi connectivity index (χ0n) is 21.4. The molecule has 192 valence electrons. The van der Waals surface area contributed by atoms with Crippen LogP contribution in [0.4, 0.5) is 11.4 Å². The fourth-order valence-electron chi connectivity index (χ4n) is 4.81.